The van der Waals surface area contributed by atoms with Crippen LogP contribution in [0.25, 0.3) is 0 Å². The molecule has 1 aromatic carbocycles. The Bertz CT molecular complexity index is 378. The molecule has 0 unspecified atom stereocenters. The Labute approximate surface area is 106 Å². The molecule has 16 heavy (non-hydrogen) atoms. The molecule has 1 aromatic rings. The second-order valence-electron chi connectivity index (χ2n) is 5.08. The molecule has 2 fully saturated rings. The van der Waals surface area contributed by atoms with E-state index in [1.165, 1.54) is 54.4 Å². The maximum atomic E-state index is 3.74. The van der Waals surface area contributed by atoms with Gasteiger partial charge in [0.15, 0.2) is 0 Å². The average Bonchev–Trinajstić information content (AvgIpc) is 3.14. The van der Waals surface area contributed by atoms with Crippen molar-refractivity contribution < 1.29 is 0 Å². The molecule has 0 spiro atoms. The maximum absolute atomic E-state index is 3.74. The molecule has 2 aliphatic rings. The molecule has 0 bridgehead atoms. The molecule has 0 amide bonds. The predicted octanol–water partition coefficient (Wildman–Crippen LogP) is 3.79. The molecule has 2 heteroatoms. The van der Waals surface area contributed by atoms with Crippen molar-refractivity contribution in [1.82, 2.24) is 5.32 Å². The number of piperidine rings is 1. The minimum absolute atomic E-state index is 0.769. The van der Waals surface area contributed by atoms with Crippen LogP contribution >= 0.6 is 15.9 Å². The predicted molar refractivity (Wildman–Crippen MR) is 71.0 cm³/mol. The van der Waals surface area contributed by atoms with E-state index in [-0.39, 0.29) is 0 Å². The van der Waals surface area contributed by atoms with E-state index in [1.807, 2.05) is 0 Å². The molecule has 0 radical (unpaired) electrons. The highest BCUT2D eigenvalue weighted by Gasteiger charge is 2.26. The molecule has 1 N–H and O–H groups in total. The zero-order chi connectivity index (χ0) is 11.0. The zero-order valence-electron chi connectivity index (χ0n) is 9.51. The largest absolute Gasteiger partial charge is 0.317 e. The summed E-state index contributed by atoms with van der Waals surface area (Å²) in [6.45, 7) is 2.35. The van der Waals surface area contributed by atoms with E-state index >= 15 is 0 Å². The van der Waals surface area contributed by atoms with Crippen LogP contribution in [0.3, 0.4) is 0 Å². The normalized spacial score (nSPS) is 22.3. The summed E-state index contributed by atoms with van der Waals surface area (Å²) in [5, 5.41) is 3.43. The second kappa shape index (κ2) is 4.50. The van der Waals surface area contributed by atoms with Gasteiger partial charge in [-0.2, -0.15) is 0 Å². The van der Waals surface area contributed by atoms with Crippen LogP contribution in [0.15, 0.2) is 22.7 Å². The highest BCUT2D eigenvalue weighted by molar-refractivity contribution is 9.10. The van der Waals surface area contributed by atoms with Gasteiger partial charge in [-0.15, -0.1) is 0 Å². The standard InChI is InChI=1S/C14H18BrN/c15-14-9-12(10-5-7-16-8-6-10)3-4-13(14)11-1-2-11/h3-4,9-11,16H,1-2,5-8H2. The first-order valence-corrected chi connectivity index (χ1v) is 7.14. The first-order chi connectivity index (χ1) is 7.84. The number of hydrogen-bond acceptors (Lipinski definition) is 1. The second-order valence-corrected chi connectivity index (χ2v) is 5.93. The van der Waals surface area contributed by atoms with Crippen molar-refractivity contribution in [3.05, 3.63) is 33.8 Å². The van der Waals surface area contributed by atoms with Crippen molar-refractivity contribution in [1.29, 1.82) is 0 Å². The summed E-state index contributed by atoms with van der Waals surface area (Å²) in [5.41, 5.74) is 3.05. The lowest BCUT2D eigenvalue weighted by atomic mass is 9.89. The molecule has 1 heterocycles. The van der Waals surface area contributed by atoms with Crippen LogP contribution in [0, 0.1) is 0 Å². The monoisotopic (exact) mass is 279 g/mol. The lowest BCUT2D eigenvalue weighted by molar-refractivity contribution is 0.460. The van der Waals surface area contributed by atoms with Crippen LogP contribution in [0.2, 0.25) is 0 Å². The van der Waals surface area contributed by atoms with Gasteiger partial charge in [0, 0.05) is 4.47 Å². The Hall–Kier alpha value is -0.340. The summed E-state index contributed by atoms with van der Waals surface area (Å²) in [6, 6.07) is 7.07. The van der Waals surface area contributed by atoms with E-state index in [0.717, 1.165) is 11.8 Å². The first kappa shape index (κ1) is 10.8. The maximum Gasteiger partial charge on any atom is 0.0212 e. The van der Waals surface area contributed by atoms with E-state index in [4.69, 9.17) is 0 Å². The number of halogens is 1. The van der Waals surface area contributed by atoms with Crippen LogP contribution in [0.5, 0.6) is 0 Å². The zero-order valence-corrected chi connectivity index (χ0v) is 11.1. The van der Waals surface area contributed by atoms with Crippen LogP contribution in [-0.2, 0) is 0 Å². The van der Waals surface area contributed by atoms with Gasteiger partial charge in [-0.05, 0) is 67.8 Å². The fourth-order valence-corrected chi connectivity index (χ4v) is 3.40. The molecule has 1 aliphatic heterocycles. The Morgan fingerprint density at radius 2 is 1.75 bits per heavy atom. The van der Waals surface area contributed by atoms with Gasteiger partial charge in [0.2, 0.25) is 0 Å². The summed E-state index contributed by atoms with van der Waals surface area (Å²) >= 11 is 3.74. The SMILES string of the molecule is Brc1cc(C2CCNCC2)ccc1C1CC1. The van der Waals surface area contributed by atoms with Gasteiger partial charge in [0.05, 0.1) is 0 Å². The first-order valence-electron chi connectivity index (χ1n) is 6.34. The minimum Gasteiger partial charge on any atom is -0.317 e. The average molecular weight is 280 g/mol. The molecule has 0 atom stereocenters. The molecule has 86 valence electrons. The van der Waals surface area contributed by atoms with Crippen LogP contribution in [0.1, 0.15) is 48.6 Å². The van der Waals surface area contributed by atoms with E-state index < -0.39 is 0 Å². The number of hydrogen-bond donors (Lipinski definition) is 1. The lowest BCUT2D eigenvalue weighted by Gasteiger charge is -2.23. The summed E-state index contributed by atoms with van der Waals surface area (Å²) in [6.07, 6.45) is 5.33. The molecule has 1 nitrogen and oxygen atoms in total. The number of rotatable bonds is 2. The van der Waals surface area contributed by atoms with Crippen molar-refractivity contribution >= 4 is 15.9 Å². The molecule has 1 saturated carbocycles. The van der Waals surface area contributed by atoms with Crippen LogP contribution in [-0.4, -0.2) is 13.1 Å². The Morgan fingerprint density at radius 1 is 1.00 bits per heavy atom. The van der Waals surface area contributed by atoms with Gasteiger partial charge < -0.3 is 5.32 Å². The Morgan fingerprint density at radius 3 is 2.38 bits per heavy atom. The minimum atomic E-state index is 0.769. The lowest BCUT2D eigenvalue weighted by Crippen LogP contribution is -2.26. The summed E-state index contributed by atoms with van der Waals surface area (Å²) in [5.74, 6) is 1.61. The van der Waals surface area contributed by atoms with Crippen LogP contribution in [0.4, 0.5) is 0 Å². The molecule has 1 saturated heterocycles. The van der Waals surface area contributed by atoms with Gasteiger partial charge in [-0.1, -0.05) is 28.1 Å². The fraction of sp³-hybridized carbons (Fsp3) is 0.571. The van der Waals surface area contributed by atoms with Crippen molar-refractivity contribution in [3.8, 4) is 0 Å². The third kappa shape index (κ3) is 2.18. The number of benzene rings is 1. The molecular formula is C14H18BrN. The van der Waals surface area contributed by atoms with E-state index in [0.29, 0.717) is 0 Å². The molecular weight excluding hydrogens is 262 g/mol. The van der Waals surface area contributed by atoms with E-state index in [1.54, 1.807) is 0 Å². The third-order valence-corrected chi connectivity index (χ3v) is 4.54. The van der Waals surface area contributed by atoms with E-state index in [9.17, 15) is 0 Å². The van der Waals surface area contributed by atoms with Gasteiger partial charge in [-0.25, -0.2) is 0 Å². The summed E-state index contributed by atoms with van der Waals surface area (Å²) in [4.78, 5) is 0. The molecule has 1 aliphatic carbocycles. The van der Waals surface area contributed by atoms with Gasteiger partial charge in [0.25, 0.3) is 0 Å². The third-order valence-electron chi connectivity index (χ3n) is 3.85. The summed E-state index contributed by atoms with van der Waals surface area (Å²) in [7, 11) is 0. The smallest absolute Gasteiger partial charge is 0.0212 e. The quantitative estimate of drug-likeness (QED) is 0.869. The topological polar surface area (TPSA) is 12.0 Å². The highest BCUT2D eigenvalue weighted by Crippen LogP contribution is 2.44. The Kier molecular flexibility index (Phi) is 3.03. The van der Waals surface area contributed by atoms with Crippen molar-refractivity contribution in [2.75, 3.05) is 13.1 Å². The number of nitrogens with one attached hydrogen (secondary N) is 1. The van der Waals surface area contributed by atoms with Crippen molar-refractivity contribution in [3.63, 3.8) is 0 Å². The van der Waals surface area contributed by atoms with Crippen LogP contribution < -0.4 is 5.32 Å². The van der Waals surface area contributed by atoms with Gasteiger partial charge in [-0.3, -0.25) is 0 Å². The summed E-state index contributed by atoms with van der Waals surface area (Å²) < 4.78 is 1.34. The van der Waals surface area contributed by atoms with E-state index in [2.05, 4.69) is 39.4 Å². The molecule has 3 rings (SSSR count). The molecule has 0 aromatic heterocycles. The van der Waals surface area contributed by atoms with Gasteiger partial charge in [0.1, 0.15) is 0 Å². The van der Waals surface area contributed by atoms with Crippen molar-refractivity contribution in [2.45, 2.75) is 37.5 Å². The van der Waals surface area contributed by atoms with Gasteiger partial charge >= 0.3 is 0 Å². The Balaban J connectivity index is 1.81. The van der Waals surface area contributed by atoms with Crippen molar-refractivity contribution in [2.24, 2.45) is 0 Å². The highest BCUT2D eigenvalue weighted by atomic mass is 79.9. The fourth-order valence-electron chi connectivity index (χ4n) is 2.68.